The lowest BCUT2D eigenvalue weighted by molar-refractivity contribution is 0.282. The first-order valence-corrected chi connectivity index (χ1v) is 8.00. The number of aliphatic hydroxyl groups is 1. The van der Waals surface area contributed by atoms with E-state index in [-0.39, 0.29) is 18.1 Å². The fourth-order valence-electron chi connectivity index (χ4n) is 2.35. The molecule has 1 aliphatic heterocycles. The Morgan fingerprint density at radius 2 is 2.06 bits per heavy atom. The van der Waals surface area contributed by atoms with Gasteiger partial charge < -0.3 is 10.0 Å². The van der Waals surface area contributed by atoms with Gasteiger partial charge in [0, 0.05) is 18.8 Å². The summed E-state index contributed by atoms with van der Waals surface area (Å²) in [5.41, 5.74) is 3.05. The van der Waals surface area contributed by atoms with Crippen LogP contribution in [0, 0.1) is 6.92 Å². The first-order valence-electron chi connectivity index (χ1n) is 6.17. The summed E-state index contributed by atoms with van der Waals surface area (Å²) >= 11 is 0. The molecule has 4 nitrogen and oxygen atoms in total. The van der Waals surface area contributed by atoms with E-state index in [1.54, 1.807) is 0 Å². The third-order valence-corrected chi connectivity index (χ3v) is 5.06. The molecule has 5 heteroatoms. The fraction of sp³-hybridized carbons (Fsp3) is 0.538. The zero-order chi connectivity index (χ0) is 13.2. The average molecular weight is 269 g/mol. The van der Waals surface area contributed by atoms with E-state index in [2.05, 4.69) is 4.90 Å². The third-order valence-electron chi connectivity index (χ3n) is 3.34. The van der Waals surface area contributed by atoms with Crippen molar-refractivity contribution < 1.29 is 13.5 Å². The second kappa shape index (κ2) is 5.28. The number of rotatable bonds is 2. The Bertz CT molecular complexity index is 525. The van der Waals surface area contributed by atoms with Crippen molar-refractivity contribution in [3.8, 4) is 0 Å². The van der Waals surface area contributed by atoms with Gasteiger partial charge in [-0.05, 0) is 30.5 Å². The molecule has 1 N–H and O–H groups in total. The second-order valence-corrected chi connectivity index (χ2v) is 7.08. The standard InChI is InChI=1S/C13H19NO3S/c1-11-9-12(10-15)3-4-13(11)14-5-2-7-18(16,17)8-6-14/h3-4,9,15H,2,5-8,10H2,1H3. The first-order chi connectivity index (χ1) is 8.52. The highest BCUT2D eigenvalue weighted by atomic mass is 32.2. The van der Waals surface area contributed by atoms with Crippen LogP contribution in [-0.4, -0.2) is 38.1 Å². The van der Waals surface area contributed by atoms with E-state index in [0.29, 0.717) is 13.0 Å². The molecule has 0 aromatic heterocycles. The minimum Gasteiger partial charge on any atom is -0.392 e. The van der Waals surface area contributed by atoms with Crippen molar-refractivity contribution in [3.63, 3.8) is 0 Å². The summed E-state index contributed by atoms with van der Waals surface area (Å²) < 4.78 is 23.1. The van der Waals surface area contributed by atoms with Gasteiger partial charge >= 0.3 is 0 Å². The number of anilines is 1. The highest BCUT2D eigenvalue weighted by Gasteiger charge is 2.20. The predicted octanol–water partition coefficient (Wildman–Crippen LogP) is 1.11. The molecule has 1 aromatic carbocycles. The maximum Gasteiger partial charge on any atom is 0.152 e. The Morgan fingerprint density at radius 3 is 2.72 bits per heavy atom. The van der Waals surface area contributed by atoms with Gasteiger partial charge in [-0.2, -0.15) is 0 Å². The second-order valence-electron chi connectivity index (χ2n) is 4.77. The molecule has 0 spiro atoms. The summed E-state index contributed by atoms with van der Waals surface area (Å²) in [6.07, 6.45) is 0.684. The molecule has 1 aromatic rings. The van der Waals surface area contributed by atoms with Crippen LogP contribution >= 0.6 is 0 Å². The minimum absolute atomic E-state index is 0.0372. The van der Waals surface area contributed by atoms with Gasteiger partial charge in [0.1, 0.15) is 0 Å². The van der Waals surface area contributed by atoms with E-state index in [0.717, 1.165) is 23.4 Å². The zero-order valence-corrected chi connectivity index (χ0v) is 11.4. The van der Waals surface area contributed by atoms with Gasteiger partial charge in [-0.1, -0.05) is 12.1 Å². The van der Waals surface area contributed by atoms with Crippen molar-refractivity contribution in [2.24, 2.45) is 0 Å². The van der Waals surface area contributed by atoms with E-state index in [1.165, 1.54) is 0 Å². The summed E-state index contributed by atoms with van der Waals surface area (Å²) in [5, 5.41) is 9.08. The Balaban J connectivity index is 2.21. The summed E-state index contributed by atoms with van der Waals surface area (Å²) in [6.45, 7) is 3.36. The molecule has 0 aliphatic carbocycles. The molecule has 0 saturated carbocycles. The molecule has 1 aliphatic rings. The number of hydrogen-bond acceptors (Lipinski definition) is 4. The Morgan fingerprint density at radius 1 is 1.28 bits per heavy atom. The molecule has 0 atom stereocenters. The lowest BCUT2D eigenvalue weighted by atomic mass is 10.1. The molecule has 0 bridgehead atoms. The van der Waals surface area contributed by atoms with Crippen molar-refractivity contribution in [2.75, 3.05) is 29.5 Å². The van der Waals surface area contributed by atoms with Crippen LogP contribution < -0.4 is 4.90 Å². The molecule has 0 radical (unpaired) electrons. The van der Waals surface area contributed by atoms with Crippen LogP contribution in [0.25, 0.3) is 0 Å². The van der Waals surface area contributed by atoms with Crippen LogP contribution in [-0.2, 0) is 16.4 Å². The van der Waals surface area contributed by atoms with Gasteiger partial charge in [0.2, 0.25) is 0 Å². The monoisotopic (exact) mass is 269 g/mol. The third kappa shape index (κ3) is 3.03. The van der Waals surface area contributed by atoms with E-state index in [4.69, 9.17) is 5.11 Å². The molecule has 0 amide bonds. The maximum absolute atomic E-state index is 11.6. The van der Waals surface area contributed by atoms with Crippen LogP contribution in [0.2, 0.25) is 0 Å². The average Bonchev–Trinajstić information content (AvgIpc) is 2.50. The first kappa shape index (κ1) is 13.4. The van der Waals surface area contributed by atoms with Gasteiger partial charge in [-0.25, -0.2) is 8.42 Å². The number of sulfone groups is 1. The topological polar surface area (TPSA) is 57.6 Å². The van der Waals surface area contributed by atoms with Crippen LogP contribution in [0.1, 0.15) is 17.5 Å². The predicted molar refractivity (Wildman–Crippen MR) is 72.6 cm³/mol. The van der Waals surface area contributed by atoms with Crippen molar-refractivity contribution >= 4 is 15.5 Å². The Labute approximate surface area is 108 Å². The van der Waals surface area contributed by atoms with Crippen molar-refractivity contribution in [1.82, 2.24) is 0 Å². The normalized spacial score (nSPS) is 19.6. The number of aryl methyl sites for hydroxylation is 1. The highest BCUT2D eigenvalue weighted by molar-refractivity contribution is 7.91. The summed E-state index contributed by atoms with van der Waals surface area (Å²) in [7, 11) is -2.87. The van der Waals surface area contributed by atoms with Gasteiger partial charge in [0.25, 0.3) is 0 Å². The highest BCUT2D eigenvalue weighted by Crippen LogP contribution is 2.23. The largest absolute Gasteiger partial charge is 0.392 e. The summed E-state index contributed by atoms with van der Waals surface area (Å²) in [6, 6.07) is 5.81. The number of hydrogen-bond donors (Lipinski definition) is 1. The van der Waals surface area contributed by atoms with Gasteiger partial charge in [-0.3, -0.25) is 0 Å². The smallest absolute Gasteiger partial charge is 0.152 e. The van der Waals surface area contributed by atoms with E-state index >= 15 is 0 Å². The van der Waals surface area contributed by atoms with Crippen LogP contribution in [0.3, 0.4) is 0 Å². The molecule has 2 rings (SSSR count). The molecule has 100 valence electrons. The summed E-state index contributed by atoms with van der Waals surface area (Å²) in [5.74, 6) is 0.519. The molecule has 1 saturated heterocycles. The Hall–Kier alpha value is -1.07. The van der Waals surface area contributed by atoms with E-state index in [1.807, 2.05) is 25.1 Å². The molecule has 1 fully saturated rings. The van der Waals surface area contributed by atoms with Crippen LogP contribution in [0.5, 0.6) is 0 Å². The Kier molecular flexibility index (Phi) is 3.92. The van der Waals surface area contributed by atoms with Crippen molar-refractivity contribution in [1.29, 1.82) is 0 Å². The lowest BCUT2D eigenvalue weighted by Gasteiger charge is -2.24. The molecule has 0 unspecified atom stereocenters. The SMILES string of the molecule is Cc1cc(CO)ccc1N1CCCS(=O)(=O)CC1. The fourth-order valence-corrected chi connectivity index (χ4v) is 3.62. The van der Waals surface area contributed by atoms with Crippen LogP contribution in [0.15, 0.2) is 18.2 Å². The number of aliphatic hydroxyl groups excluding tert-OH is 1. The van der Waals surface area contributed by atoms with Gasteiger partial charge in [0.15, 0.2) is 9.84 Å². The van der Waals surface area contributed by atoms with E-state index in [9.17, 15) is 8.42 Å². The quantitative estimate of drug-likeness (QED) is 0.874. The number of nitrogens with zero attached hydrogens (tertiary/aromatic N) is 1. The molecule has 18 heavy (non-hydrogen) atoms. The van der Waals surface area contributed by atoms with E-state index < -0.39 is 9.84 Å². The molecular weight excluding hydrogens is 250 g/mol. The maximum atomic E-state index is 11.6. The minimum atomic E-state index is -2.87. The molecular formula is C13H19NO3S. The van der Waals surface area contributed by atoms with Crippen molar-refractivity contribution in [3.05, 3.63) is 29.3 Å². The zero-order valence-electron chi connectivity index (χ0n) is 10.6. The van der Waals surface area contributed by atoms with Crippen LogP contribution in [0.4, 0.5) is 5.69 Å². The number of benzene rings is 1. The summed E-state index contributed by atoms with van der Waals surface area (Å²) in [4.78, 5) is 2.13. The van der Waals surface area contributed by atoms with Crippen molar-refractivity contribution in [2.45, 2.75) is 20.0 Å². The molecule has 1 heterocycles. The lowest BCUT2D eigenvalue weighted by Crippen LogP contribution is -2.27. The van der Waals surface area contributed by atoms with Gasteiger partial charge in [0.05, 0.1) is 18.1 Å². The van der Waals surface area contributed by atoms with Gasteiger partial charge in [-0.15, -0.1) is 0 Å².